The quantitative estimate of drug-likeness (QED) is 0.464. The maximum Gasteiger partial charge on any atom is 0.238 e. The molecule has 168 valence electrons. The summed E-state index contributed by atoms with van der Waals surface area (Å²) in [6, 6.07) is 12.6. The summed E-state index contributed by atoms with van der Waals surface area (Å²) in [5, 5.41) is 14.1. The molecular formula is C22H20F2N8O. The van der Waals surface area contributed by atoms with Gasteiger partial charge in [-0.25, -0.2) is 13.8 Å². The molecule has 3 N–H and O–H groups in total. The van der Waals surface area contributed by atoms with Gasteiger partial charge in [0, 0.05) is 17.4 Å². The first-order valence-corrected chi connectivity index (χ1v) is 9.87. The number of rotatable bonds is 6. The van der Waals surface area contributed by atoms with Gasteiger partial charge in [-0.2, -0.15) is 4.68 Å². The summed E-state index contributed by atoms with van der Waals surface area (Å²) in [5.74, 6) is -1.99. The van der Waals surface area contributed by atoms with Crippen molar-refractivity contribution in [3.8, 4) is 28.2 Å². The number of nitrogen functional groups attached to an aromatic ring is 1. The molecule has 9 nitrogen and oxygen atoms in total. The van der Waals surface area contributed by atoms with Gasteiger partial charge in [-0.15, -0.1) is 5.10 Å². The number of aromatic nitrogens is 5. The fourth-order valence-electron chi connectivity index (χ4n) is 3.22. The lowest BCUT2D eigenvalue weighted by Crippen LogP contribution is -2.27. The second kappa shape index (κ2) is 9.09. The number of anilines is 2. The van der Waals surface area contributed by atoms with Crippen LogP contribution in [0.1, 0.15) is 0 Å². The zero-order valence-electron chi connectivity index (χ0n) is 17.8. The molecule has 0 atom stereocenters. The van der Waals surface area contributed by atoms with Crippen LogP contribution in [0.5, 0.6) is 0 Å². The predicted octanol–water partition coefficient (Wildman–Crippen LogP) is 2.75. The van der Waals surface area contributed by atoms with Crippen LogP contribution >= 0.6 is 0 Å². The standard InChI is InChI=1S/C22H20F2N8O/c1-31(2)12-19(33)27-15-8-6-13(7-9-15)14-10-16(21(25)26-11-14)22-28-29-30-32(22)18-5-3-4-17(23)20(18)24/h3-11H,12H2,1-2H3,(H2,25,26)(H,27,33). The highest BCUT2D eigenvalue weighted by molar-refractivity contribution is 5.92. The van der Waals surface area contributed by atoms with E-state index in [1.165, 1.54) is 12.1 Å². The zero-order chi connectivity index (χ0) is 23.5. The summed E-state index contributed by atoms with van der Waals surface area (Å²) < 4.78 is 29.1. The summed E-state index contributed by atoms with van der Waals surface area (Å²) in [6.45, 7) is 0.271. The third-order valence-electron chi connectivity index (χ3n) is 4.75. The normalized spacial score (nSPS) is 11.1. The van der Waals surface area contributed by atoms with Crippen molar-refractivity contribution in [1.82, 2.24) is 30.1 Å². The van der Waals surface area contributed by atoms with Crippen LogP contribution in [0, 0.1) is 11.6 Å². The van der Waals surface area contributed by atoms with E-state index in [1.807, 2.05) is 26.2 Å². The number of likely N-dealkylation sites (N-methyl/N-ethyl adjacent to an activating group) is 1. The minimum Gasteiger partial charge on any atom is -0.383 e. The smallest absolute Gasteiger partial charge is 0.238 e. The third-order valence-corrected chi connectivity index (χ3v) is 4.75. The Balaban J connectivity index is 1.66. The number of amides is 1. The van der Waals surface area contributed by atoms with Crippen molar-refractivity contribution in [2.75, 3.05) is 31.7 Å². The lowest BCUT2D eigenvalue weighted by atomic mass is 10.0. The van der Waals surface area contributed by atoms with Crippen LogP contribution in [0.15, 0.2) is 54.7 Å². The second-order valence-corrected chi connectivity index (χ2v) is 7.51. The van der Waals surface area contributed by atoms with E-state index in [0.717, 1.165) is 16.3 Å². The van der Waals surface area contributed by atoms with Gasteiger partial charge in [0.2, 0.25) is 5.91 Å². The molecule has 0 aliphatic heterocycles. The average Bonchev–Trinajstić information content (AvgIpc) is 3.25. The molecule has 0 aliphatic rings. The topological polar surface area (TPSA) is 115 Å². The molecule has 11 heteroatoms. The number of nitrogens with zero attached hydrogens (tertiary/aromatic N) is 6. The van der Waals surface area contributed by atoms with Gasteiger partial charge in [0.25, 0.3) is 0 Å². The molecule has 2 heterocycles. The monoisotopic (exact) mass is 450 g/mol. The van der Waals surface area contributed by atoms with Crippen molar-refractivity contribution in [3.05, 3.63) is 66.4 Å². The van der Waals surface area contributed by atoms with E-state index in [9.17, 15) is 13.6 Å². The summed E-state index contributed by atoms with van der Waals surface area (Å²) in [7, 11) is 3.63. The Morgan fingerprint density at radius 3 is 2.61 bits per heavy atom. The zero-order valence-corrected chi connectivity index (χ0v) is 17.8. The fourth-order valence-corrected chi connectivity index (χ4v) is 3.22. The first-order chi connectivity index (χ1) is 15.8. The highest BCUT2D eigenvalue weighted by atomic mass is 19.2. The van der Waals surface area contributed by atoms with E-state index < -0.39 is 11.6 Å². The largest absolute Gasteiger partial charge is 0.383 e. The van der Waals surface area contributed by atoms with Crippen LogP contribution in [0.25, 0.3) is 28.2 Å². The lowest BCUT2D eigenvalue weighted by molar-refractivity contribution is -0.116. The Hall–Kier alpha value is -4.25. The molecule has 4 rings (SSSR count). The molecule has 0 unspecified atom stereocenters. The van der Waals surface area contributed by atoms with Gasteiger partial charge in [0.1, 0.15) is 11.5 Å². The molecule has 0 saturated carbocycles. The van der Waals surface area contributed by atoms with Crippen LogP contribution in [0.2, 0.25) is 0 Å². The van der Waals surface area contributed by atoms with Crippen LogP contribution in [-0.2, 0) is 4.79 Å². The Bertz CT molecular complexity index is 1300. The van der Waals surface area contributed by atoms with Crippen LogP contribution in [0.3, 0.4) is 0 Å². The molecule has 0 bridgehead atoms. The molecule has 2 aromatic heterocycles. The van der Waals surface area contributed by atoms with Crippen molar-refractivity contribution in [1.29, 1.82) is 0 Å². The number of hydrogen-bond donors (Lipinski definition) is 2. The van der Waals surface area contributed by atoms with Gasteiger partial charge in [-0.1, -0.05) is 18.2 Å². The second-order valence-electron chi connectivity index (χ2n) is 7.51. The van der Waals surface area contributed by atoms with E-state index in [0.29, 0.717) is 16.8 Å². The Labute approximate surface area is 187 Å². The van der Waals surface area contributed by atoms with Gasteiger partial charge < -0.3 is 16.0 Å². The number of nitrogens with two attached hydrogens (primary N) is 1. The molecule has 1 amide bonds. The third kappa shape index (κ3) is 4.67. The molecule has 0 fully saturated rings. The molecule has 0 spiro atoms. The van der Waals surface area contributed by atoms with Crippen molar-refractivity contribution < 1.29 is 13.6 Å². The Morgan fingerprint density at radius 2 is 1.88 bits per heavy atom. The number of carbonyl (C=O) groups is 1. The Kier molecular flexibility index (Phi) is 6.05. The van der Waals surface area contributed by atoms with E-state index in [1.54, 1.807) is 29.3 Å². The number of pyridine rings is 1. The molecular weight excluding hydrogens is 430 g/mol. The lowest BCUT2D eigenvalue weighted by Gasteiger charge is -2.11. The van der Waals surface area contributed by atoms with E-state index in [2.05, 4.69) is 25.8 Å². The molecule has 4 aromatic rings. The minimum absolute atomic E-state index is 0.110. The summed E-state index contributed by atoms with van der Waals surface area (Å²) >= 11 is 0. The first kappa shape index (κ1) is 22.0. The van der Waals surface area contributed by atoms with Gasteiger partial charge in [-0.3, -0.25) is 4.79 Å². The number of carbonyl (C=O) groups excluding carboxylic acids is 1. The number of halogens is 2. The maximum atomic E-state index is 14.3. The highest BCUT2D eigenvalue weighted by Gasteiger charge is 2.19. The number of benzene rings is 2. The molecule has 0 aliphatic carbocycles. The van der Waals surface area contributed by atoms with Crippen molar-refractivity contribution in [2.24, 2.45) is 0 Å². The number of tetrazole rings is 1. The SMILES string of the molecule is CN(C)CC(=O)Nc1ccc(-c2cnc(N)c(-c3nnnn3-c3cccc(F)c3F)c2)cc1. The molecule has 0 radical (unpaired) electrons. The van der Waals surface area contributed by atoms with E-state index >= 15 is 0 Å². The van der Waals surface area contributed by atoms with Crippen molar-refractivity contribution in [3.63, 3.8) is 0 Å². The van der Waals surface area contributed by atoms with Gasteiger partial charge in [-0.05, 0) is 60.4 Å². The summed E-state index contributed by atoms with van der Waals surface area (Å²) in [5.41, 5.74) is 8.39. The summed E-state index contributed by atoms with van der Waals surface area (Å²) in [6.07, 6.45) is 1.58. The van der Waals surface area contributed by atoms with E-state index in [4.69, 9.17) is 5.73 Å². The van der Waals surface area contributed by atoms with Crippen molar-refractivity contribution >= 4 is 17.4 Å². The molecule has 0 saturated heterocycles. The fraction of sp³-hybridized carbons (Fsp3) is 0.136. The van der Waals surface area contributed by atoms with Crippen LogP contribution in [0.4, 0.5) is 20.3 Å². The maximum absolute atomic E-state index is 14.3. The predicted molar refractivity (Wildman–Crippen MR) is 119 cm³/mol. The molecule has 33 heavy (non-hydrogen) atoms. The minimum atomic E-state index is -1.08. The van der Waals surface area contributed by atoms with Gasteiger partial charge in [0.15, 0.2) is 17.5 Å². The Morgan fingerprint density at radius 1 is 1.12 bits per heavy atom. The average molecular weight is 450 g/mol. The van der Waals surface area contributed by atoms with Crippen LogP contribution in [-0.4, -0.2) is 56.6 Å². The summed E-state index contributed by atoms with van der Waals surface area (Å²) in [4.78, 5) is 17.9. The van der Waals surface area contributed by atoms with Gasteiger partial charge >= 0.3 is 0 Å². The first-order valence-electron chi connectivity index (χ1n) is 9.87. The highest BCUT2D eigenvalue weighted by Crippen LogP contribution is 2.30. The number of hydrogen-bond acceptors (Lipinski definition) is 7. The van der Waals surface area contributed by atoms with Crippen LogP contribution < -0.4 is 11.1 Å². The number of nitrogens with one attached hydrogen (secondary N) is 1. The van der Waals surface area contributed by atoms with Crippen molar-refractivity contribution in [2.45, 2.75) is 0 Å². The van der Waals surface area contributed by atoms with E-state index in [-0.39, 0.29) is 29.8 Å². The van der Waals surface area contributed by atoms with Gasteiger partial charge in [0.05, 0.1) is 12.1 Å². The molecule has 2 aromatic carbocycles.